The highest BCUT2D eigenvalue weighted by molar-refractivity contribution is 5.79. The molecule has 0 radical (unpaired) electrons. The molecule has 4 aliphatic rings. The van der Waals surface area contributed by atoms with Crippen molar-refractivity contribution in [2.75, 3.05) is 6.54 Å². The van der Waals surface area contributed by atoms with E-state index >= 15 is 0 Å². The molecule has 4 saturated carbocycles. The van der Waals surface area contributed by atoms with Gasteiger partial charge in [0, 0.05) is 12.3 Å². The third-order valence-corrected chi connectivity index (χ3v) is 10.6. The van der Waals surface area contributed by atoms with Gasteiger partial charge in [-0.15, -0.1) is 0 Å². The number of fused-ring (bicyclic) bond motifs is 5. The molecule has 0 bridgehead atoms. The van der Waals surface area contributed by atoms with Crippen molar-refractivity contribution in [3.8, 4) is 0 Å². The van der Waals surface area contributed by atoms with Gasteiger partial charge in [0.25, 0.3) is 0 Å². The van der Waals surface area contributed by atoms with Gasteiger partial charge in [-0.05, 0) is 126 Å². The first-order valence-electron chi connectivity index (χ1n) is 13.1. The van der Waals surface area contributed by atoms with Crippen LogP contribution in [0.1, 0.15) is 105 Å². The molecule has 0 amide bonds. The Bertz CT molecular complexity index is 707. The second kappa shape index (κ2) is 8.47. The van der Waals surface area contributed by atoms with Gasteiger partial charge >= 0.3 is 5.97 Å². The van der Waals surface area contributed by atoms with Gasteiger partial charge in [-0.3, -0.25) is 9.59 Å². The van der Waals surface area contributed by atoms with Crippen LogP contribution in [0.15, 0.2) is 0 Å². The molecule has 176 valence electrons. The summed E-state index contributed by atoms with van der Waals surface area (Å²) in [5.74, 6) is 3.61. The van der Waals surface area contributed by atoms with E-state index in [1.54, 1.807) is 0 Å². The molecule has 0 spiro atoms. The summed E-state index contributed by atoms with van der Waals surface area (Å²) < 4.78 is 6.06. The van der Waals surface area contributed by atoms with E-state index in [0.717, 1.165) is 49.9 Å². The van der Waals surface area contributed by atoms with E-state index in [9.17, 15) is 9.59 Å². The molecule has 4 fully saturated rings. The summed E-state index contributed by atoms with van der Waals surface area (Å²) in [6.07, 6.45) is 12.8. The molecular formula is C27H45NO3. The van der Waals surface area contributed by atoms with Crippen molar-refractivity contribution in [1.29, 1.82) is 0 Å². The second-order valence-electron chi connectivity index (χ2n) is 12.3. The minimum absolute atomic E-state index is 0.0390. The molecule has 0 aromatic rings. The number of unbranched alkanes of at least 4 members (excludes halogenated alkanes) is 1. The third kappa shape index (κ3) is 4.00. The number of hydrogen-bond acceptors (Lipinski definition) is 4. The predicted molar refractivity (Wildman–Crippen MR) is 123 cm³/mol. The first-order chi connectivity index (χ1) is 14.6. The van der Waals surface area contributed by atoms with Gasteiger partial charge in [0.05, 0.1) is 0 Å². The highest BCUT2D eigenvalue weighted by Gasteiger charge is 2.61. The van der Waals surface area contributed by atoms with Crippen LogP contribution in [0.4, 0.5) is 0 Å². The molecule has 0 heterocycles. The molecule has 0 unspecified atom stereocenters. The van der Waals surface area contributed by atoms with Crippen molar-refractivity contribution < 1.29 is 14.3 Å². The second-order valence-corrected chi connectivity index (χ2v) is 12.3. The minimum atomic E-state index is -0.299. The molecular weight excluding hydrogens is 386 g/mol. The molecule has 2 N–H and O–H groups in total. The fraction of sp³-hybridized carbons (Fsp3) is 0.926. The largest absolute Gasteiger partial charge is 0.459 e. The van der Waals surface area contributed by atoms with Crippen molar-refractivity contribution in [2.24, 2.45) is 46.2 Å². The number of carbonyl (C=O) groups is 2. The quantitative estimate of drug-likeness (QED) is 0.435. The molecule has 4 heteroatoms. The van der Waals surface area contributed by atoms with Crippen LogP contribution in [0.3, 0.4) is 0 Å². The molecule has 4 rings (SSSR count). The van der Waals surface area contributed by atoms with Gasteiger partial charge in [0.15, 0.2) is 0 Å². The zero-order chi connectivity index (χ0) is 22.4. The Morgan fingerprint density at radius 2 is 1.65 bits per heavy atom. The van der Waals surface area contributed by atoms with Crippen LogP contribution in [0.25, 0.3) is 0 Å². The van der Waals surface area contributed by atoms with Crippen LogP contribution in [0.5, 0.6) is 0 Å². The summed E-state index contributed by atoms with van der Waals surface area (Å²) in [6, 6.07) is 0. The number of ether oxygens (including phenoxy) is 1. The highest BCUT2D eigenvalue weighted by Crippen LogP contribution is 2.68. The van der Waals surface area contributed by atoms with Crippen LogP contribution >= 0.6 is 0 Å². The lowest BCUT2D eigenvalue weighted by Crippen LogP contribution is -2.56. The normalized spacial score (nSPS) is 46.5. The molecule has 31 heavy (non-hydrogen) atoms. The monoisotopic (exact) mass is 431 g/mol. The molecule has 0 saturated heterocycles. The van der Waals surface area contributed by atoms with Crippen LogP contribution in [0.2, 0.25) is 0 Å². The Kier molecular flexibility index (Phi) is 6.35. The fourth-order valence-corrected chi connectivity index (χ4v) is 8.92. The summed E-state index contributed by atoms with van der Waals surface area (Å²) in [4.78, 5) is 24.8. The van der Waals surface area contributed by atoms with Gasteiger partial charge in [0.1, 0.15) is 11.4 Å². The average Bonchev–Trinajstić information content (AvgIpc) is 3.06. The Labute approximate surface area is 189 Å². The molecule has 4 aliphatic carbocycles. The summed E-state index contributed by atoms with van der Waals surface area (Å²) in [5.41, 5.74) is 5.86. The lowest BCUT2D eigenvalue weighted by molar-refractivity contribution is -0.181. The van der Waals surface area contributed by atoms with Crippen molar-refractivity contribution in [3.63, 3.8) is 0 Å². The molecule has 8 atom stereocenters. The van der Waals surface area contributed by atoms with Gasteiger partial charge in [-0.25, -0.2) is 0 Å². The number of rotatable bonds is 6. The van der Waals surface area contributed by atoms with Crippen LogP contribution in [-0.2, 0) is 14.3 Å². The van der Waals surface area contributed by atoms with Crippen molar-refractivity contribution >= 4 is 11.8 Å². The van der Waals surface area contributed by atoms with E-state index in [4.69, 9.17) is 10.5 Å². The van der Waals surface area contributed by atoms with E-state index in [-0.39, 0.29) is 22.9 Å². The Morgan fingerprint density at radius 3 is 2.35 bits per heavy atom. The van der Waals surface area contributed by atoms with Crippen molar-refractivity contribution in [1.82, 2.24) is 0 Å². The first-order valence-corrected chi connectivity index (χ1v) is 13.1. The smallest absolute Gasteiger partial charge is 0.306 e. The molecule has 4 nitrogen and oxygen atoms in total. The maximum absolute atomic E-state index is 12.4. The maximum Gasteiger partial charge on any atom is 0.306 e. The Balaban J connectivity index is 1.44. The summed E-state index contributed by atoms with van der Waals surface area (Å²) >= 11 is 0. The van der Waals surface area contributed by atoms with Crippen LogP contribution in [-0.4, -0.2) is 23.9 Å². The standard InChI is InChI=1S/C27H45NO3/c1-18(29)21-10-11-22-20-9-8-19-17-25(2,31-24(30)7-5-6-16-28)14-15-26(19,3)23(20)12-13-27(21,22)4/h19-23H,5-17,28H2,1-4H3/t19-,20-,21+,22-,23-,25+,26-,27+/m0/s1. The third-order valence-electron chi connectivity index (χ3n) is 10.6. The van der Waals surface area contributed by atoms with E-state index in [1.165, 1.54) is 38.5 Å². The Hall–Kier alpha value is -0.900. The summed E-state index contributed by atoms with van der Waals surface area (Å²) in [5, 5.41) is 0. The zero-order valence-corrected chi connectivity index (χ0v) is 20.4. The average molecular weight is 432 g/mol. The first kappa shape index (κ1) is 23.3. The molecule has 0 aliphatic heterocycles. The van der Waals surface area contributed by atoms with Gasteiger partial charge in [0.2, 0.25) is 0 Å². The van der Waals surface area contributed by atoms with E-state index in [2.05, 4.69) is 20.8 Å². The number of hydrogen-bond donors (Lipinski definition) is 1. The van der Waals surface area contributed by atoms with Crippen molar-refractivity contribution in [3.05, 3.63) is 0 Å². The highest BCUT2D eigenvalue weighted by atomic mass is 16.6. The zero-order valence-electron chi connectivity index (χ0n) is 20.4. The maximum atomic E-state index is 12.4. The number of nitrogens with two attached hydrogens (primary N) is 1. The Morgan fingerprint density at radius 1 is 0.903 bits per heavy atom. The van der Waals surface area contributed by atoms with Crippen LogP contribution in [0, 0.1) is 40.4 Å². The molecule has 0 aromatic carbocycles. The fourth-order valence-electron chi connectivity index (χ4n) is 8.92. The van der Waals surface area contributed by atoms with E-state index in [1.807, 2.05) is 6.92 Å². The SMILES string of the molecule is CC(=O)[C@H]1CC[C@H]2[C@@H]3CC[C@H]4C[C@](C)(OC(=O)CCCCN)CC[C@]4(C)[C@H]3CC[C@]12C. The van der Waals surface area contributed by atoms with E-state index in [0.29, 0.717) is 30.1 Å². The number of Topliss-reactive ketones (excluding diaryl/α,β-unsaturated/α-hetero) is 1. The summed E-state index contributed by atoms with van der Waals surface area (Å²) in [6.45, 7) is 9.62. The lowest BCUT2D eigenvalue weighted by atomic mass is 9.44. The number of esters is 1. The summed E-state index contributed by atoms with van der Waals surface area (Å²) in [7, 11) is 0. The van der Waals surface area contributed by atoms with Gasteiger partial charge in [-0.2, -0.15) is 0 Å². The van der Waals surface area contributed by atoms with E-state index < -0.39 is 0 Å². The lowest BCUT2D eigenvalue weighted by Gasteiger charge is -2.62. The van der Waals surface area contributed by atoms with Gasteiger partial charge in [-0.1, -0.05) is 13.8 Å². The molecule has 0 aromatic heterocycles. The number of ketones is 1. The van der Waals surface area contributed by atoms with Crippen molar-refractivity contribution in [2.45, 2.75) is 110 Å². The van der Waals surface area contributed by atoms with Gasteiger partial charge < -0.3 is 10.5 Å². The minimum Gasteiger partial charge on any atom is -0.459 e. The predicted octanol–water partition coefficient (Wildman–Crippen LogP) is 5.67. The number of carbonyl (C=O) groups excluding carboxylic acids is 2. The van der Waals surface area contributed by atoms with Crippen LogP contribution < -0.4 is 5.73 Å². The topological polar surface area (TPSA) is 69.4 Å².